The van der Waals surface area contributed by atoms with Crippen LogP contribution in [0.3, 0.4) is 0 Å². The van der Waals surface area contributed by atoms with E-state index in [9.17, 15) is 4.79 Å². The number of hydrogen-bond donors (Lipinski definition) is 1. The van der Waals surface area contributed by atoms with Crippen LogP contribution in [-0.4, -0.2) is 11.6 Å². The van der Waals surface area contributed by atoms with Gasteiger partial charge in [0.25, 0.3) is 0 Å². The molecule has 1 heterocycles. The van der Waals surface area contributed by atoms with Gasteiger partial charge in [-0.05, 0) is 25.3 Å². The van der Waals surface area contributed by atoms with Crippen LogP contribution >= 0.6 is 0 Å². The first kappa shape index (κ1) is 10.5. The van der Waals surface area contributed by atoms with Crippen molar-refractivity contribution in [1.82, 2.24) is 5.43 Å². The highest BCUT2D eigenvalue weighted by atomic mass is 16.2. The highest BCUT2D eigenvalue weighted by Gasteiger charge is 2.39. The smallest absolute Gasteiger partial charge is 0.243 e. The van der Waals surface area contributed by atoms with Gasteiger partial charge in [0.05, 0.1) is 5.71 Å². The molecule has 1 aliphatic heterocycles. The van der Waals surface area contributed by atoms with Crippen molar-refractivity contribution in [3.63, 3.8) is 0 Å². The largest absolute Gasteiger partial charge is 0.273 e. The molecular weight excluding hydrogens is 212 g/mol. The van der Waals surface area contributed by atoms with Crippen molar-refractivity contribution in [3.05, 3.63) is 35.4 Å². The van der Waals surface area contributed by atoms with Crippen LogP contribution < -0.4 is 5.43 Å². The van der Waals surface area contributed by atoms with Crippen molar-refractivity contribution in [1.29, 1.82) is 0 Å². The maximum absolute atomic E-state index is 11.7. The summed E-state index contributed by atoms with van der Waals surface area (Å²) in [7, 11) is 0. The lowest BCUT2D eigenvalue weighted by Crippen LogP contribution is -2.39. The van der Waals surface area contributed by atoms with E-state index in [0.29, 0.717) is 5.92 Å². The Morgan fingerprint density at radius 2 is 1.88 bits per heavy atom. The summed E-state index contributed by atoms with van der Waals surface area (Å²) in [6.45, 7) is 2.08. The first-order chi connectivity index (χ1) is 8.25. The summed E-state index contributed by atoms with van der Waals surface area (Å²) < 4.78 is 0. The zero-order valence-corrected chi connectivity index (χ0v) is 9.94. The summed E-state index contributed by atoms with van der Waals surface area (Å²) in [6, 6.07) is 8.39. The molecular formula is C14H16N2O. The number of benzene rings is 1. The monoisotopic (exact) mass is 228 g/mol. The third-order valence-corrected chi connectivity index (χ3v) is 3.84. The molecule has 0 saturated heterocycles. The molecule has 1 aromatic rings. The predicted molar refractivity (Wildman–Crippen MR) is 66.7 cm³/mol. The minimum atomic E-state index is 0.100. The van der Waals surface area contributed by atoms with Gasteiger partial charge in [-0.3, -0.25) is 4.79 Å². The van der Waals surface area contributed by atoms with E-state index in [1.54, 1.807) is 0 Å². The van der Waals surface area contributed by atoms with Crippen LogP contribution in [0.2, 0.25) is 0 Å². The molecule has 1 amide bonds. The molecule has 0 spiro atoms. The molecule has 0 bridgehead atoms. The molecule has 0 radical (unpaired) electrons. The summed E-state index contributed by atoms with van der Waals surface area (Å²) in [5.74, 6) is 0.568. The Hall–Kier alpha value is -1.64. The predicted octanol–water partition coefficient (Wildman–Crippen LogP) is 2.25. The summed E-state index contributed by atoms with van der Waals surface area (Å²) in [4.78, 5) is 11.7. The van der Waals surface area contributed by atoms with Crippen LogP contribution in [-0.2, 0) is 4.79 Å². The summed E-state index contributed by atoms with van der Waals surface area (Å²) in [6.07, 6.45) is 3.22. The Morgan fingerprint density at radius 1 is 1.18 bits per heavy atom. The van der Waals surface area contributed by atoms with Crippen LogP contribution in [0.15, 0.2) is 29.4 Å². The SMILES string of the molecule is Cc1ccc(C2=NNC(=O)[C@@H]3CCC[C@H]23)cc1. The third kappa shape index (κ3) is 1.75. The minimum Gasteiger partial charge on any atom is -0.273 e. The number of amides is 1. The number of carbonyl (C=O) groups excluding carboxylic acids is 1. The lowest BCUT2D eigenvalue weighted by molar-refractivity contribution is -0.125. The summed E-state index contributed by atoms with van der Waals surface area (Å²) in [5, 5.41) is 4.27. The van der Waals surface area contributed by atoms with Gasteiger partial charge in [-0.2, -0.15) is 5.10 Å². The lowest BCUT2D eigenvalue weighted by Gasteiger charge is -2.25. The van der Waals surface area contributed by atoms with Crippen molar-refractivity contribution in [2.24, 2.45) is 16.9 Å². The van der Waals surface area contributed by atoms with E-state index in [1.165, 1.54) is 5.56 Å². The quantitative estimate of drug-likeness (QED) is 0.787. The van der Waals surface area contributed by atoms with Crippen LogP contribution in [0.4, 0.5) is 0 Å². The minimum absolute atomic E-state index is 0.100. The molecule has 1 saturated carbocycles. The lowest BCUT2D eigenvalue weighted by atomic mass is 9.86. The standard InChI is InChI=1S/C14H16N2O/c1-9-5-7-10(8-6-9)13-11-3-2-4-12(11)14(17)16-15-13/h5-8,11-12H,2-4H2,1H3,(H,16,17)/t11-,12+/m0/s1. The van der Waals surface area contributed by atoms with E-state index in [0.717, 1.165) is 30.5 Å². The number of rotatable bonds is 1. The second-order valence-electron chi connectivity index (χ2n) is 4.98. The molecule has 3 heteroatoms. The van der Waals surface area contributed by atoms with Crippen molar-refractivity contribution < 1.29 is 4.79 Å². The average Bonchev–Trinajstić information content (AvgIpc) is 2.81. The van der Waals surface area contributed by atoms with Crippen LogP contribution in [0.1, 0.15) is 30.4 Å². The Kier molecular flexibility index (Phi) is 2.46. The number of nitrogens with one attached hydrogen (secondary N) is 1. The first-order valence-corrected chi connectivity index (χ1v) is 6.20. The van der Waals surface area contributed by atoms with Gasteiger partial charge >= 0.3 is 0 Å². The van der Waals surface area contributed by atoms with E-state index in [1.807, 2.05) is 0 Å². The maximum atomic E-state index is 11.7. The van der Waals surface area contributed by atoms with Crippen molar-refractivity contribution in [2.75, 3.05) is 0 Å². The topological polar surface area (TPSA) is 41.5 Å². The molecule has 0 unspecified atom stereocenters. The number of fused-ring (bicyclic) bond motifs is 1. The van der Waals surface area contributed by atoms with Crippen LogP contribution in [0.5, 0.6) is 0 Å². The van der Waals surface area contributed by atoms with E-state index in [-0.39, 0.29) is 11.8 Å². The second-order valence-corrected chi connectivity index (χ2v) is 4.98. The molecule has 1 fully saturated rings. The highest BCUT2D eigenvalue weighted by molar-refractivity contribution is 6.06. The molecule has 3 rings (SSSR count). The number of nitrogens with zero attached hydrogens (tertiary/aromatic N) is 1. The van der Waals surface area contributed by atoms with Gasteiger partial charge in [-0.25, -0.2) is 5.43 Å². The number of aryl methyl sites for hydroxylation is 1. The highest BCUT2D eigenvalue weighted by Crippen LogP contribution is 2.36. The van der Waals surface area contributed by atoms with E-state index in [4.69, 9.17) is 0 Å². The Morgan fingerprint density at radius 3 is 2.65 bits per heavy atom. The molecule has 2 atom stereocenters. The number of hydrogen-bond acceptors (Lipinski definition) is 2. The Bertz CT molecular complexity index is 476. The van der Waals surface area contributed by atoms with Crippen molar-refractivity contribution in [3.8, 4) is 0 Å². The summed E-state index contributed by atoms with van der Waals surface area (Å²) >= 11 is 0. The first-order valence-electron chi connectivity index (χ1n) is 6.20. The maximum Gasteiger partial charge on any atom is 0.243 e. The van der Waals surface area contributed by atoms with Gasteiger partial charge in [-0.1, -0.05) is 36.2 Å². The Balaban J connectivity index is 1.97. The fraction of sp³-hybridized carbons (Fsp3) is 0.429. The van der Waals surface area contributed by atoms with Gasteiger partial charge in [0.1, 0.15) is 0 Å². The fourth-order valence-corrected chi connectivity index (χ4v) is 2.89. The normalized spacial score (nSPS) is 27.4. The van der Waals surface area contributed by atoms with Crippen molar-refractivity contribution >= 4 is 11.6 Å². The molecule has 2 aliphatic rings. The number of hydrazone groups is 1. The van der Waals surface area contributed by atoms with E-state index >= 15 is 0 Å². The van der Waals surface area contributed by atoms with Crippen molar-refractivity contribution in [2.45, 2.75) is 26.2 Å². The molecule has 17 heavy (non-hydrogen) atoms. The third-order valence-electron chi connectivity index (χ3n) is 3.84. The Labute approximate surface area is 101 Å². The second kappa shape index (κ2) is 3.99. The molecule has 1 N–H and O–H groups in total. The molecule has 88 valence electrons. The zero-order chi connectivity index (χ0) is 11.8. The van der Waals surface area contributed by atoms with Gasteiger partial charge < -0.3 is 0 Å². The van der Waals surface area contributed by atoms with E-state index < -0.39 is 0 Å². The van der Waals surface area contributed by atoms with Crippen LogP contribution in [0.25, 0.3) is 0 Å². The molecule has 3 nitrogen and oxygen atoms in total. The fourth-order valence-electron chi connectivity index (χ4n) is 2.89. The van der Waals surface area contributed by atoms with Crippen LogP contribution in [0, 0.1) is 18.8 Å². The van der Waals surface area contributed by atoms with E-state index in [2.05, 4.69) is 41.7 Å². The van der Waals surface area contributed by atoms with Gasteiger partial charge in [0.15, 0.2) is 0 Å². The molecule has 0 aromatic heterocycles. The summed E-state index contributed by atoms with van der Waals surface area (Å²) in [5.41, 5.74) is 6.12. The zero-order valence-electron chi connectivity index (χ0n) is 9.94. The average molecular weight is 228 g/mol. The number of carbonyl (C=O) groups is 1. The van der Waals surface area contributed by atoms with Gasteiger partial charge in [0, 0.05) is 11.8 Å². The molecule has 1 aliphatic carbocycles. The van der Waals surface area contributed by atoms with Gasteiger partial charge in [0.2, 0.25) is 5.91 Å². The van der Waals surface area contributed by atoms with Gasteiger partial charge in [-0.15, -0.1) is 0 Å². The molecule has 1 aromatic carbocycles.